The van der Waals surface area contributed by atoms with Gasteiger partial charge in [-0.25, -0.2) is 19.5 Å². The topological polar surface area (TPSA) is 114 Å². The summed E-state index contributed by atoms with van der Waals surface area (Å²) in [4.78, 5) is 20.1. The van der Waals surface area contributed by atoms with Gasteiger partial charge < -0.3 is 20.1 Å². The van der Waals surface area contributed by atoms with Gasteiger partial charge in [0.2, 0.25) is 0 Å². The Morgan fingerprint density at radius 3 is 3.06 bits per heavy atom. The van der Waals surface area contributed by atoms with Crippen molar-refractivity contribution in [2.75, 3.05) is 23.8 Å². The van der Waals surface area contributed by atoms with Crippen LogP contribution in [0.15, 0.2) is 54.2 Å². The Hall–Kier alpha value is -4.09. The molecule has 5 heterocycles. The Morgan fingerprint density at radius 1 is 1.14 bits per heavy atom. The fourth-order valence-corrected chi connectivity index (χ4v) is 4.64. The lowest BCUT2D eigenvalue weighted by Crippen LogP contribution is -2.48. The third kappa shape index (κ3) is 3.74. The number of fused-ring (bicyclic) bond motifs is 3. The number of hydrogen-bond acceptors (Lipinski definition) is 10. The van der Waals surface area contributed by atoms with Crippen LogP contribution in [0.2, 0.25) is 0 Å². The Bertz CT molecular complexity index is 1450. The molecule has 1 saturated heterocycles. The molecule has 3 aliphatic rings. The minimum absolute atomic E-state index is 0.145. The molecule has 4 aromatic rings. The molecule has 0 amide bonds. The fraction of sp³-hybridized carbons (Fsp3) is 0.292. The first-order valence-corrected chi connectivity index (χ1v) is 11.6. The molecular formula is C24H23N9O2. The van der Waals surface area contributed by atoms with E-state index in [4.69, 9.17) is 14.5 Å². The average molecular weight is 470 g/mol. The quantitative estimate of drug-likeness (QED) is 0.455. The van der Waals surface area contributed by atoms with Gasteiger partial charge in [-0.1, -0.05) is 0 Å². The van der Waals surface area contributed by atoms with Crippen LogP contribution in [-0.4, -0.2) is 67.3 Å². The van der Waals surface area contributed by atoms with Gasteiger partial charge in [-0.15, -0.1) is 0 Å². The molecule has 1 aromatic carbocycles. The average Bonchev–Trinajstić information content (AvgIpc) is 3.53. The van der Waals surface area contributed by atoms with Crippen LogP contribution in [0.3, 0.4) is 0 Å². The third-order valence-electron chi connectivity index (χ3n) is 6.53. The van der Waals surface area contributed by atoms with Gasteiger partial charge in [0.15, 0.2) is 17.8 Å². The molecule has 7 rings (SSSR count). The van der Waals surface area contributed by atoms with Gasteiger partial charge in [0.25, 0.3) is 0 Å². The zero-order chi connectivity index (χ0) is 23.4. The molecule has 0 bridgehead atoms. The molecule has 176 valence electrons. The second-order valence-corrected chi connectivity index (χ2v) is 8.86. The van der Waals surface area contributed by atoms with Gasteiger partial charge in [0.05, 0.1) is 18.9 Å². The van der Waals surface area contributed by atoms with E-state index in [1.54, 1.807) is 10.8 Å². The molecule has 35 heavy (non-hydrogen) atoms. The summed E-state index contributed by atoms with van der Waals surface area (Å²) in [7, 11) is 0. The van der Waals surface area contributed by atoms with Crippen molar-refractivity contribution >= 4 is 29.1 Å². The molecule has 11 heteroatoms. The zero-order valence-electron chi connectivity index (χ0n) is 19.0. The van der Waals surface area contributed by atoms with Gasteiger partial charge in [0.1, 0.15) is 35.5 Å². The van der Waals surface area contributed by atoms with Crippen molar-refractivity contribution < 1.29 is 9.47 Å². The van der Waals surface area contributed by atoms with E-state index in [1.165, 1.54) is 6.33 Å². The van der Waals surface area contributed by atoms with Crippen molar-refractivity contribution in [3.05, 3.63) is 60.4 Å². The fourth-order valence-electron chi connectivity index (χ4n) is 4.64. The number of aryl methyl sites for hydroxylation is 1. The number of aromatic nitrogens is 5. The van der Waals surface area contributed by atoms with Gasteiger partial charge in [-0.05, 0) is 43.2 Å². The summed E-state index contributed by atoms with van der Waals surface area (Å²) in [6.45, 7) is 3.60. The van der Waals surface area contributed by atoms with Crippen molar-refractivity contribution in [2.45, 2.75) is 31.8 Å². The van der Waals surface area contributed by atoms with E-state index in [2.05, 4.69) is 35.6 Å². The molecular weight excluding hydrogens is 446 g/mol. The van der Waals surface area contributed by atoms with Crippen LogP contribution in [0.25, 0.3) is 5.65 Å². The molecule has 3 unspecified atom stereocenters. The van der Waals surface area contributed by atoms with E-state index in [0.717, 1.165) is 53.6 Å². The Balaban J connectivity index is 1.10. The zero-order valence-corrected chi connectivity index (χ0v) is 19.0. The van der Waals surface area contributed by atoms with E-state index in [-0.39, 0.29) is 6.29 Å². The minimum atomic E-state index is -0.145. The summed E-state index contributed by atoms with van der Waals surface area (Å²) in [6.07, 6.45) is 7.98. The molecule has 0 radical (unpaired) electrons. The SMILES string of the molecule is Cc1cc(Nc2ncnc3c2NC(N2CCOC4CC42)N=C3)ccc1Oc1ccn2ncnc2c1. The van der Waals surface area contributed by atoms with Crippen molar-refractivity contribution in [1.82, 2.24) is 29.5 Å². The van der Waals surface area contributed by atoms with Crippen LogP contribution in [-0.2, 0) is 4.74 Å². The lowest BCUT2D eigenvalue weighted by Gasteiger charge is -2.34. The van der Waals surface area contributed by atoms with Crippen LogP contribution < -0.4 is 15.4 Å². The first kappa shape index (κ1) is 20.3. The van der Waals surface area contributed by atoms with Crippen LogP contribution in [0.1, 0.15) is 17.7 Å². The predicted molar refractivity (Wildman–Crippen MR) is 129 cm³/mol. The number of anilines is 3. The normalized spacial score (nSPS) is 22.8. The molecule has 2 fully saturated rings. The Morgan fingerprint density at radius 2 is 2.11 bits per heavy atom. The predicted octanol–water partition coefficient (Wildman–Crippen LogP) is 2.96. The highest BCUT2D eigenvalue weighted by molar-refractivity contribution is 5.92. The number of hydrogen-bond donors (Lipinski definition) is 2. The first-order valence-electron chi connectivity index (χ1n) is 11.6. The number of pyridine rings is 1. The largest absolute Gasteiger partial charge is 0.457 e. The van der Waals surface area contributed by atoms with E-state index < -0.39 is 0 Å². The number of nitrogens with one attached hydrogen (secondary N) is 2. The maximum absolute atomic E-state index is 6.10. The molecule has 0 spiro atoms. The summed E-state index contributed by atoms with van der Waals surface area (Å²) in [5, 5.41) is 11.1. The lowest BCUT2D eigenvalue weighted by atomic mass is 10.2. The number of aliphatic imine (C=N–C) groups is 1. The summed E-state index contributed by atoms with van der Waals surface area (Å²) >= 11 is 0. The number of morpholine rings is 1. The van der Waals surface area contributed by atoms with Gasteiger partial charge in [-0.3, -0.25) is 9.89 Å². The minimum Gasteiger partial charge on any atom is -0.457 e. The van der Waals surface area contributed by atoms with E-state index in [9.17, 15) is 0 Å². The standard InChI is InChI=1S/C24H23N9O2/c1-14-8-15(2-3-19(14)35-16-4-5-33-21(9-16)27-13-29-33)30-23-22-17(26-12-28-23)11-25-24(31-22)32-6-7-34-20-10-18(20)32/h2-5,8-9,11-13,18,20,24,31H,6-7,10H2,1H3,(H,26,28,30). The van der Waals surface area contributed by atoms with Gasteiger partial charge in [0, 0.05) is 30.5 Å². The highest BCUT2D eigenvalue weighted by atomic mass is 16.5. The molecule has 3 atom stereocenters. The van der Waals surface area contributed by atoms with Gasteiger partial charge >= 0.3 is 0 Å². The second kappa shape index (κ2) is 8.00. The summed E-state index contributed by atoms with van der Waals surface area (Å²) in [5.74, 6) is 2.17. The highest BCUT2D eigenvalue weighted by Gasteiger charge is 2.48. The van der Waals surface area contributed by atoms with Crippen LogP contribution in [0, 0.1) is 6.92 Å². The van der Waals surface area contributed by atoms with Gasteiger partial charge in [-0.2, -0.15) is 5.10 Å². The highest BCUT2D eigenvalue weighted by Crippen LogP contribution is 2.38. The van der Waals surface area contributed by atoms with E-state index in [1.807, 2.05) is 49.7 Å². The van der Waals surface area contributed by atoms with Crippen molar-refractivity contribution in [2.24, 2.45) is 4.99 Å². The van der Waals surface area contributed by atoms with E-state index in [0.29, 0.717) is 23.7 Å². The Labute approximate surface area is 200 Å². The third-order valence-corrected chi connectivity index (χ3v) is 6.53. The number of benzene rings is 1. The second-order valence-electron chi connectivity index (χ2n) is 8.86. The van der Waals surface area contributed by atoms with Crippen LogP contribution in [0.5, 0.6) is 11.5 Å². The number of ether oxygens (including phenoxy) is 2. The van der Waals surface area contributed by atoms with E-state index >= 15 is 0 Å². The monoisotopic (exact) mass is 469 g/mol. The lowest BCUT2D eigenvalue weighted by molar-refractivity contribution is 0.0181. The summed E-state index contributed by atoms with van der Waals surface area (Å²) in [6, 6.07) is 10.1. The smallest absolute Gasteiger partial charge is 0.176 e. The first-order chi connectivity index (χ1) is 17.2. The molecule has 1 aliphatic carbocycles. The molecule has 11 nitrogen and oxygen atoms in total. The molecule has 3 aromatic heterocycles. The number of rotatable bonds is 5. The summed E-state index contributed by atoms with van der Waals surface area (Å²) < 4.78 is 13.5. The van der Waals surface area contributed by atoms with Crippen LogP contribution >= 0.6 is 0 Å². The van der Waals surface area contributed by atoms with Crippen molar-refractivity contribution in [3.63, 3.8) is 0 Å². The Kier molecular flexibility index (Phi) is 4.64. The molecule has 2 aliphatic heterocycles. The van der Waals surface area contributed by atoms with Crippen molar-refractivity contribution in [1.29, 1.82) is 0 Å². The summed E-state index contributed by atoms with van der Waals surface area (Å²) in [5.41, 5.74) is 4.23. The van der Waals surface area contributed by atoms with Crippen LogP contribution in [0.4, 0.5) is 17.2 Å². The maximum atomic E-state index is 6.10. The molecule has 1 saturated carbocycles. The molecule has 2 N–H and O–H groups in total. The maximum Gasteiger partial charge on any atom is 0.176 e. The number of nitrogens with zero attached hydrogens (tertiary/aromatic N) is 7. The van der Waals surface area contributed by atoms with Crippen molar-refractivity contribution in [3.8, 4) is 11.5 Å².